The third kappa shape index (κ3) is 3.48. The minimum atomic E-state index is -4.38. The van der Waals surface area contributed by atoms with Crippen LogP contribution in [0.25, 0.3) is 11.0 Å². The first-order chi connectivity index (χ1) is 14.3. The number of nitrogens with zero attached hydrogens (tertiary/aromatic N) is 3. The van der Waals surface area contributed by atoms with E-state index in [1.807, 2.05) is 25.3 Å². The molecule has 0 spiro atoms. The van der Waals surface area contributed by atoms with Crippen LogP contribution >= 0.6 is 0 Å². The molecule has 1 aliphatic rings. The Bertz CT molecular complexity index is 1250. The minimum absolute atomic E-state index is 0.0834. The van der Waals surface area contributed by atoms with Crippen molar-refractivity contribution in [3.63, 3.8) is 0 Å². The summed E-state index contributed by atoms with van der Waals surface area (Å²) in [5.74, 6) is 0.856. The van der Waals surface area contributed by atoms with Gasteiger partial charge in [0.25, 0.3) is 0 Å². The SMILES string of the molecule is CC(C)[C@]1(C)c2nc3ccc(S(C)(=O)=O)cc3n2CCN1c1ccc(C(F)(F)F)cc1. The van der Waals surface area contributed by atoms with Crippen molar-refractivity contribution in [3.05, 3.63) is 53.9 Å². The molecule has 166 valence electrons. The maximum atomic E-state index is 13.0. The van der Waals surface area contributed by atoms with Gasteiger partial charge >= 0.3 is 6.18 Å². The average molecular weight is 452 g/mol. The molecule has 9 heteroatoms. The minimum Gasteiger partial charge on any atom is -0.357 e. The van der Waals surface area contributed by atoms with E-state index in [1.165, 1.54) is 18.4 Å². The van der Waals surface area contributed by atoms with E-state index in [1.54, 1.807) is 18.2 Å². The number of fused-ring (bicyclic) bond motifs is 3. The van der Waals surface area contributed by atoms with Gasteiger partial charge in [-0.25, -0.2) is 13.4 Å². The Balaban J connectivity index is 1.85. The fraction of sp³-hybridized carbons (Fsp3) is 0.409. The van der Waals surface area contributed by atoms with Crippen molar-refractivity contribution in [1.82, 2.24) is 9.55 Å². The van der Waals surface area contributed by atoms with Gasteiger partial charge in [-0.05, 0) is 55.3 Å². The highest BCUT2D eigenvalue weighted by atomic mass is 32.2. The van der Waals surface area contributed by atoms with Crippen molar-refractivity contribution in [1.29, 1.82) is 0 Å². The molecule has 0 saturated carbocycles. The Labute approximate surface area is 179 Å². The fourth-order valence-corrected chi connectivity index (χ4v) is 4.94. The quantitative estimate of drug-likeness (QED) is 0.571. The zero-order valence-corrected chi connectivity index (χ0v) is 18.5. The molecule has 0 saturated heterocycles. The van der Waals surface area contributed by atoms with Crippen LogP contribution in [0.5, 0.6) is 0 Å². The zero-order valence-electron chi connectivity index (χ0n) is 17.7. The fourth-order valence-electron chi connectivity index (χ4n) is 4.30. The van der Waals surface area contributed by atoms with Crippen LogP contribution in [0, 0.1) is 5.92 Å². The maximum Gasteiger partial charge on any atom is 0.416 e. The van der Waals surface area contributed by atoms with Gasteiger partial charge in [-0.3, -0.25) is 0 Å². The lowest BCUT2D eigenvalue weighted by atomic mass is 9.83. The summed E-state index contributed by atoms with van der Waals surface area (Å²) in [6.07, 6.45) is -3.21. The number of rotatable bonds is 3. The van der Waals surface area contributed by atoms with Crippen molar-refractivity contribution < 1.29 is 21.6 Å². The van der Waals surface area contributed by atoms with Gasteiger partial charge in [0.1, 0.15) is 5.82 Å². The summed E-state index contributed by atoms with van der Waals surface area (Å²) in [6, 6.07) is 10.1. The first-order valence-corrected chi connectivity index (χ1v) is 11.9. The van der Waals surface area contributed by atoms with Crippen molar-refractivity contribution in [2.24, 2.45) is 5.92 Å². The highest BCUT2D eigenvalue weighted by Gasteiger charge is 2.44. The average Bonchev–Trinajstić information content (AvgIpc) is 3.06. The van der Waals surface area contributed by atoms with Gasteiger partial charge in [0.05, 0.1) is 27.0 Å². The highest BCUT2D eigenvalue weighted by molar-refractivity contribution is 7.90. The molecule has 0 fully saturated rings. The molecule has 1 atom stereocenters. The van der Waals surface area contributed by atoms with Crippen LogP contribution in [0.1, 0.15) is 32.2 Å². The number of hydrogen-bond acceptors (Lipinski definition) is 4. The topological polar surface area (TPSA) is 55.2 Å². The molecule has 0 radical (unpaired) electrons. The Morgan fingerprint density at radius 3 is 2.26 bits per heavy atom. The lowest BCUT2D eigenvalue weighted by molar-refractivity contribution is -0.137. The van der Waals surface area contributed by atoms with E-state index >= 15 is 0 Å². The summed E-state index contributed by atoms with van der Waals surface area (Å²) < 4.78 is 65.1. The summed E-state index contributed by atoms with van der Waals surface area (Å²) in [5.41, 5.74) is 0.863. The standard InChI is InChI=1S/C22H24F3N3O2S/c1-14(2)21(3)20-26-18-10-9-17(31(4,29)30)13-19(18)27(20)11-12-28(21)16-7-5-15(6-8-16)22(23,24)25/h5-10,13-14H,11-12H2,1-4H3/t21-/m1/s1. The molecule has 1 aromatic heterocycles. The second kappa shape index (κ2) is 6.98. The van der Waals surface area contributed by atoms with Crippen molar-refractivity contribution in [3.8, 4) is 0 Å². The number of sulfone groups is 1. The number of alkyl halides is 3. The molecule has 5 nitrogen and oxygen atoms in total. The predicted molar refractivity (Wildman–Crippen MR) is 114 cm³/mol. The number of halogens is 3. The molecule has 4 rings (SSSR count). The lowest BCUT2D eigenvalue weighted by Crippen LogP contribution is -2.54. The zero-order chi connectivity index (χ0) is 22.8. The molecule has 0 bridgehead atoms. The number of hydrogen-bond donors (Lipinski definition) is 0. The molecule has 1 aliphatic heterocycles. The van der Waals surface area contributed by atoms with E-state index in [2.05, 4.69) is 4.90 Å². The van der Waals surface area contributed by atoms with E-state index in [9.17, 15) is 21.6 Å². The molecule has 31 heavy (non-hydrogen) atoms. The van der Waals surface area contributed by atoms with Gasteiger partial charge in [-0.15, -0.1) is 0 Å². The Morgan fingerprint density at radius 1 is 1.06 bits per heavy atom. The molecule has 0 N–H and O–H groups in total. The van der Waals surface area contributed by atoms with Gasteiger partial charge < -0.3 is 9.47 Å². The van der Waals surface area contributed by atoms with Crippen LogP contribution in [-0.2, 0) is 28.1 Å². The van der Waals surface area contributed by atoms with Gasteiger partial charge in [-0.2, -0.15) is 13.2 Å². The number of aromatic nitrogens is 2. The first-order valence-electron chi connectivity index (χ1n) is 9.99. The van der Waals surface area contributed by atoms with E-state index < -0.39 is 27.1 Å². The summed E-state index contributed by atoms with van der Waals surface area (Å²) in [7, 11) is -3.36. The van der Waals surface area contributed by atoms with Gasteiger partial charge in [0, 0.05) is 25.0 Å². The number of benzene rings is 2. The molecular formula is C22H24F3N3O2S. The summed E-state index contributed by atoms with van der Waals surface area (Å²) in [4.78, 5) is 7.16. The lowest BCUT2D eigenvalue weighted by Gasteiger charge is -2.48. The van der Waals surface area contributed by atoms with E-state index in [0.717, 1.165) is 23.5 Å². The molecule has 0 amide bonds. The number of imidazole rings is 1. The van der Waals surface area contributed by atoms with Crippen molar-refractivity contribution >= 4 is 26.6 Å². The van der Waals surface area contributed by atoms with E-state index in [4.69, 9.17) is 4.98 Å². The Morgan fingerprint density at radius 2 is 1.71 bits per heavy atom. The van der Waals surface area contributed by atoms with Gasteiger partial charge in [0.2, 0.25) is 0 Å². The predicted octanol–water partition coefficient (Wildman–Crippen LogP) is 4.85. The Kier molecular flexibility index (Phi) is 4.88. The summed E-state index contributed by atoms with van der Waals surface area (Å²) in [5, 5.41) is 0. The third-order valence-electron chi connectivity index (χ3n) is 6.34. The van der Waals surface area contributed by atoms with Gasteiger partial charge in [-0.1, -0.05) is 13.8 Å². The second-order valence-corrected chi connectivity index (χ2v) is 10.5. The first kappa shape index (κ1) is 21.7. The molecule has 3 aromatic rings. The Hall–Kier alpha value is -2.55. The van der Waals surface area contributed by atoms with Crippen molar-refractivity contribution in [2.45, 2.75) is 43.9 Å². The molecule has 0 aliphatic carbocycles. The van der Waals surface area contributed by atoms with E-state index in [0.29, 0.717) is 24.3 Å². The summed E-state index contributed by atoms with van der Waals surface area (Å²) in [6.45, 7) is 7.23. The maximum absolute atomic E-state index is 13.0. The van der Waals surface area contributed by atoms with Crippen LogP contribution in [0.4, 0.5) is 18.9 Å². The van der Waals surface area contributed by atoms with Crippen LogP contribution in [0.3, 0.4) is 0 Å². The normalized spacial score (nSPS) is 19.8. The molecule has 2 aromatic carbocycles. The second-order valence-electron chi connectivity index (χ2n) is 8.51. The van der Waals surface area contributed by atoms with Crippen LogP contribution < -0.4 is 4.90 Å². The summed E-state index contributed by atoms with van der Waals surface area (Å²) >= 11 is 0. The molecule has 0 unspecified atom stereocenters. The van der Waals surface area contributed by atoms with Crippen LogP contribution in [0.15, 0.2) is 47.4 Å². The van der Waals surface area contributed by atoms with Crippen LogP contribution in [-0.4, -0.2) is 30.8 Å². The number of anilines is 1. The van der Waals surface area contributed by atoms with Crippen LogP contribution in [0.2, 0.25) is 0 Å². The highest BCUT2D eigenvalue weighted by Crippen LogP contribution is 2.43. The van der Waals surface area contributed by atoms with Gasteiger partial charge in [0.15, 0.2) is 9.84 Å². The smallest absolute Gasteiger partial charge is 0.357 e. The van der Waals surface area contributed by atoms with Crippen molar-refractivity contribution in [2.75, 3.05) is 17.7 Å². The monoisotopic (exact) mass is 451 g/mol. The van der Waals surface area contributed by atoms with E-state index in [-0.39, 0.29) is 10.8 Å². The molecular weight excluding hydrogens is 427 g/mol. The third-order valence-corrected chi connectivity index (χ3v) is 7.45. The largest absolute Gasteiger partial charge is 0.416 e. The molecule has 2 heterocycles.